The standard InChI is InChI=1S/C15H19N3O2/c1-9(10(2)16)15-17-14(18-20-15)12-7-8-19-13-6-4-3-5-11(12)13/h3-6,9-10,12H,7-8,16H2,1-2H3. The maximum Gasteiger partial charge on any atom is 0.231 e. The monoisotopic (exact) mass is 273 g/mol. The summed E-state index contributed by atoms with van der Waals surface area (Å²) >= 11 is 0. The normalized spacial score (nSPS) is 20.9. The van der Waals surface area contributed by atoms with E-state index < -0.39 is 0 Å². The van der Waals surface area contributed by atoms with E-state index in [1.54, 1.807) is 0 Å². The Balaban J connectivity index is 1.91. The molecule has 1 aromatic carbocycles. The van der Waals surface area contributed by atoms with Gasteiger partial charge in [-0.15, -0.1) is 0 Å². The number of fused-ring (bicyclic) bond motifs is 1. The Morgan fingerprint density at radius 1 is 1.30 bits per heavy atom. The van der Waals surface area contributed by atoms with Gasteiger partial charge in [-0.05, 0) is 19.4 Å². The Morgan fingerprint density at radius 3 is 2.90 bits per heavy atom. The average molecular weight is 273 g/mol. The lowest BCUT2D eigenvalue weighted by Gasteiger charge is -2.23. The molecular formula is C15H19N3O2. The van der Waals surface area contributed by atoms with Crippen molar-refractivity contribution in [3.8, 4) is 5.75 Å². The molecule has 5 heteroatoms. The van der Waals surface area contributed by atoms with Gasteiger partial charge in [-0.1, -0.05) is 30.3 Å². The van der Waals surface area contributed by atoms with Crippen molar-refractivity contribution in [3.05, 3.63) is 41.5 Å². The van der Waals surface area contributed by atoms with E-state index in [0.717, 1.165) is 23.6 Å². The number of ether oxygens (including phenoxy) is 1. The minimum absolute atomic E-state index is 0.00900. The molecule has 0 spiro atoms. The zero-order chi connectivity index (χ0) is 14.1. The summed E-state index contributed by atoms with van der Waals surface area (Å²) in [6.07, 6.45) is 0.864. The minimum atomic E-state index is -0.00900. The van der Waals surface area contributed by atoms with Crippen molar-refractivity contribution < 1.29 is 9.26 Å². The fraction of sp³-hybridized carbons (Fsp3) is 0.467. The van der Waals surface area contributed by atoms with Crippen LogP contribution in [-0.2, 0) is 0 Å². The molecule has 3 rings (SSSR count). The van der Waals surface area contributed by atoms with Gasteiger partial charge in [-0.2, -0.15) is 4.98 Å². The first-order valence-corrected chi connectivity index (χ1v) is 6.97. The van der Waals surface area contributed by atoms with Crippen LogP contribution in [0.3, 0.4) is 0 Å². The second-order valence-corrected chi connectivity index (χ2v) is 5.37. The molecule has 106 valence electrons. The van der Waals surface area contributed by atoms with Crippen molar-refractivity contribution in [2.24, 2.45) is 5.73 Å². The first kappa shape index (κ1) is 13.1. The smallest absolute Gasteiger partial charge is 0.231 e. The summed E-state index contributed by atoms with van der Waals surface area (Å²) < 4.78 is 11.0. The molecule has 0 fully saturated rings. The van der Waals surface area contributed by atoms with E-state index in [4.69, 9.17) is 15.0 Å². The molecule has 5 nitrogen and oxygen atoms in total. The number of nitrogens with two attached hydrogens (primary N) is 1. The maximum atomic E-state index is 5.88. The zero-order valence-electron chi connectivity index (χ0n) is 11.7. The molecule has 0 bridgehead atoms. The highest BCUT2D eigenvalue weighted by Crippen LogP contribution is 2.36. The Kier molecular flexibility index (Phi) is 3.44. The van der Waals surface area contributed by atoms with Crippen LogP contribution in [0.1, 0.15) is 49.4 Å². The number of aromatic nitrogens is 2. The van der Waals surface area contributed by atoms with Gasteiger partial charge in [0.05, 0.1) is 18.4 Å². The second-order valence-electron chi connectivity index (χ2n) is 5.37. The SMILES string of the molecule is CC(N)C(C)c1nc(C2CCOc3ccccc32)no1. The molecule has 2 heterocycles. The maximum absolute atomic E-state index is 5.88. The zero-order valence-corrected chi connectivity index (χ0v) is 11.7. The highest BCUT2D eigenvalue weighted by molar-refractivity contribution is 5.40. The number of nitrogens with zero attached hydrogens (tertiary/aromatic N) is 2. The van der Waals surface area contributed by atoms with Gasteiger partial charge in [0.1, 0.15) is 5.75 Å². The predicted molar refractivity (Wildman–Crippen MR) is 74.8 cm³/mol. The van der Waals surface area contributed by atoms with Crippen LogP contribution >= 0.6 is 0 Å². The van der Waals surface area contributed by atoms with Gasteiger partial charge in [-0.3, -0.25) is 0 Å². The third kappa shape index (κ3) is 2.29. The van der Waals surface area contributed by atoms with Crippen molar-refractivity contribution in [3.63, 3.8) is 0 Å². The first-order chi connectivity index (χ1) is 9.66. The summed E-state index contributed by atoms with van der Waals surface area (Å²) in [5, 5.41) is 4.14. The number of rotatable bonds is 3. The van der Waals surface area contributed by atoms with Crippen molar-refractivity contribution >= 4 is 0 Å². The molecule has 0 saturated heterocycles. The van der Waals surface area contributed by atoms with Crippen LogP contribution in [-0.4, -0.2) is 22.8 Å². The van der Waals surface area contributed by atoms with Crippen LogP contribution in [0.25, 0.3) is 0 Å². The van der Waals surface area contributed by atoms with Gasteiger partial charge >= 0.3 is 0 Å². The summed E-state index contributed by atoms with van der Waals surface area (Å²) in [7, 11) is 0. The van der Waals surface area contributed by atoms with Gasteiger partial charge in [0.15, 0.2) is 5.82 Å². The Morgan fingerprint density at radius 2 is 2.10 bits per heavy atom. The molecule has 0 saturated carbocycles. The fourth-order valence-corrected chi connectivity index (χ4v) is 2.41. The highest BCUT2D eigenvalue weighted by atomic mass is 16.5. The molecule has 3 unspecified atom stereocenters. The number of hydrogen-bond acceptors (Lipinski definition) is 5. The van der Waals surface area contributed by atoms with E-state index >= 15 is 0 Å². The fourth-order valence-electron chi connectivity index (χ4n) is 2.41. The van der Waals surface area contributed by atoms with Crippen molar-refractivity contribution in [2.45, 2.75) is 38.1 Å². The van der Waals surface area contributed by atoms with E-state index in [0.29, 0.717) is 12.5 Å². The van der Waals surface area contributed by atoms with Crippen LogP contribution in [0.2, 0.25) is 0 Å². The van der Waals surface area contributed by atoms with Gasteiger partial charge in [-0.25, -0.2) is 0 Å². The van der Waals surface area contributed by atoms with Gasteiger partial charge < -0.3 is 15.0 Å². The lowest BCUT2D eigenvalue weighted by atomic mass is 9.92. The Hall–Kier alpha value is -1.88. The van der Waals surface area contributed by atoms with E-state index in [1.165, 1.54) is 0 Å². The van der Waals surface area contributed by atoms with E-state index in [2.05, 4.69) is 16.2 Å². The third-order valence-electron chi connectivity index (χ3n) is 3.91. The van der Waals surface area contributed by atoms with Gasteiger partial charge in [0.25, 0.3) is 0 Å². The summed E-state index contributed by atoms with van der Waals surface area (Å²) in [5.74, 6) is 2.45. The number of benzene rings is 1. The summed E-state index contributed by atoms with van der Waals surface area (Å²) in [6.45, 7) is 4.62. The topological polar surface area (TPSA) is 74.2 Å². The molecule has 1 aliphatic heterocycles. The van der Waals surface area contributed by atoms with Crippen molar-refractivity contribution in [2.75, 3.05) is 6.61 Å². The molecule has 0 amide bonds. The molecule has 20 heavy (non-hydrogen) atoms. The number of hydrogen-bond donors (Lipinski definition) is 1. The molecule has 3 atom stereocenters. The van der Waals surface area contributed by atoms with E-state index in [-0.39, 0.29) is 17.9 Å². The van der Waals surface area contributed by atoms with Crippen LogP contribution in [0, 0.1) is 0 Å². The van der Waals surface area contributed by atoms with Crippen LogP contribution in [0.15, 0.2) is 28.8 Å². The third-order valence-corrected chi connectivity index (χ3v) is 3.91. The average Bonchev–Trinajstić information content (AvgIpc) is 2.95. The molecular weight excluding hydrogens is 254 g/mol. The highest BCUT2D eigenvalue weighted by Gasteiger charge is 2.28. The summed E-state index contributed by atoms with van der Waals surface area (Å²) in [6, 6.07) is 8.01. The second kappa shape index (κ2) is 5.25. The first-order valence-electron chi connectivity index (χ1n) is 6.97. The van der Waals surface area contributed by atoms with Crippen LogP contribution in [0.4, 0.5) is 0 Å². The van der Waals surface area contributed by atoms with Gasteiger partial charge in [0.2, 0.25) is 5.89 Å². The quantitative estimate of drug-likeness (QED) is 0.929. The largest absolute Gasteiger partial charge is 0.493 e. The van der Waals surface area contributed by atoms with Crippen LogP contribution < -0.4 is 10.5 Å². The summed E-state index contributed by atoms with van der Waals surface area (Å²) in [5.41, 5.74) is 7.01. The van der Waals surface area contributed by atoms with E-state index in [1.807, 2.05) is 32.0 Å². The molecule has 2 N–H and O–H groups in total. The lowest BCUT2D eigenvalue weighted by Crippen LogP contribution is -2.22. The molecule has 2 aromatic rings. The Bertz CT molecular complexity index is 594. The Labute approximate surface area is 118 Å². The minimum Gasteiger partial charge on any atom is -0.493 e. The van der Waals surface area contributed by atoms with Crippen molar-refractivity contribution in [1.82, 2.24) is 10.1 Å². The summed E-state index contributed by atoms with van der Waals surface area (Å²) in [4.78, 5) is 4.54. The van der Waals surface area contributed by atoms with Gasteiger partial charge in [0, 0.05) is 11.6 Å². The predicted octanol–water partition coefficient (Wildman–Crippen LogP) is 2.43. The molecule has 0 aliphatic carbocycles. The van der Waals surface area contributed by atoms with Crippen LogP contribution in [0.5, 0.6) is 5.75 Å². The van der Waals surface area contributed by atoms with Crippen molar-refractivity contribution in [1.29, 1.82) is 0 Å². The lowest BCUT2D eigenvalue weighted by molar-refractivity contribution is 0.271. The molecule has 0 radical (unpaired) electrons. The molecule has 1 aromatic heterocycles. The molecule has 1 aliphatic rings. The van der Waals surface area contributed by atoms with E-state index in [9.17, 15) is 0 Å². The number of para-hydroxylation sites is 1.